The standard InChI is InChI=1S/2C12H28O4Si.2C4H10O.Ti/c2*1-4-7-10-14-17(13,15-11-8-5-2)16-12-9-6-3;2*1-4(2)3-5;/h2*13H,4-12H2,1-3H3;2*4-5H,3H2,1-2H3;. The Labute approximate surface area is 296 Å². The molecule has 4 N–H and O–H groups in total. The quantitative estimate of drug-likeness (QED) is 0.0546. The molecule has 0 unspecified atom stereocenters. The summed E-state index contributed by atoms with van der Waals surface area (Å²) in [5.41, 5.74) is 0. The van der Waals surface area contributed by atoms with Gasteiger partial charge in [-0.3, -0.25) is 0 Å². The van der Waals surface area contributed by atoms with Gasteiger partial charge in [-0.1, -0.05) is 108 Å². The maximum Gasteiger partial charge on any atom is 0.676 e. The van der Waals surface area contributed by atoms with Gasteiger partial charge in [-0.2, -0.15) is 0 Å². The van der Waals surface area contributed by atoms with Gasteiger partial charge in [-0.15, -0.1) is 0 Å². The molecule has 0 aromatic rings. The zero-order chi connectivity index (χ0) is 34.5. The number of unbranched alkanes of at least 4 members (excludes halogenated alkanes) is 6. The van der Waals surface area contributed by atoms with E-state index in [1.54, 1.807) is 0 Å². The van der Waals surface area contributed by atoms with Crippen LogP contribution in [-0.2, 0) is 48.3 Å². The van der Waals surface area contributed by atoms with Gasteiger partial charge >= 0.3 is 18.1 Å². The molecule has 10 nitrogen and oxygen atoms in total. The largest absolute Gasteiger partial charge is 0.676 e. The maximum atomic E-state index is 10.2. The summed E-state index contributed by atoms with van der Waals surface area (Å²) in [6, 6.07) is 0. The summed E-state index contributed by atoms with van der Waals surface area (Å²) in [6.07, 6.45) is 11.7. The number of aliphatic hydroxyl groups is 2. The number of aliphatic hydroxyl groups excluding tert-OH is 2. The molecule has 0 radical (unpaired) electrons. The van der Waals surface area contributed by atoms with E-state index in [-0.39, 0.29) is 21.7 Å². The zero-order valence-corrected chi connectivity index (χ0v) is 34.6. The average molecular weight is 725 g/mol. The van der Waals surface area contributed by atoms with Gasteiger partial charge in [0.05, 0.1) is 0 Å². The van der Waals surface area contributed by atoms with Crippen molar-refractivity contribution in [3.8, 4) is 0 Å². The van der Waals surface area contributed by atoms with Crippen molar-refractivity contribution >= 4 is 18.1 Å². The van der Waals surface area contributed by atoms with Gasteiger partial charge in [-0.25, -0.2) is 0 Å². The van der Waals surface area contributed by atoms with E-state index in [1.165, 1.54) is 0 Å². The molecule has 0 atom stereocenters. The predicted molar refractivity (Wildman–Crippen MR) is 185 cm³/mol. The average Bonchev–Trinajstić information content (AvgIpc) is 2.99. The number of hydrogen-bond donors (Lipinski definition) is 4. The third-order valence-corrected chi connectivity index (χ3v) is 8.84. The first kappa shape index (κ1) is 55.2. The van der Waals surface area contributed by atoms with Gasteiger partial charge in [0.15, 0.2) is 0 Å². The van der Waals surface area contributed by atoms with Crippen molar-refractivity contribution in [3.63, 3.8) is 0 Å². The minimum Gasteiger partial charge on any atom is -0.396 e. The summed E-state index contributed by atoms with van der Waals surface area (Å²) in [6.45, 7) is 24.1. The summed E-state index contributed by atoms with van der Waals surface area (Å²) < 4.78 is 32.5. The van der Waals surface area contributed by atoms with Crippen molar-refractivity contribution in [3.05, 3.63) is 0 Å². The molecule has 13 heteroatoms. The maximum absolute atomic E-state index is 10.2. The number of rotatable bonds is 26. The molecule has 0 bridgehead atoms. The van der Waals surface area contributed by atoms with Crippen LogP contribution in [0.25, 0.3) is 0 Å². The zero-order valence-electron chi connectivity index (χ0n) is 31.0. The van der Waals surface area contributed by atoms with Gasteiger partial charge in [0.25, 0.3) is 0 Å². The van der Waals surface area contributed by atoms with E-state index >= 15 is 0 Å². The van der Waals surface area contributed by atoms with E-state index in [0.717, 1.165) is 77.0 Å². The Hall–Kier alpha value is 0.748. The molecule has 0 saturated carbocycles. The SMILES string of the molecule is CC(C)CO.CC(C)CO.CCCCO[Si](O)(OCCCC)OCCCC.CCCCO[Si](O)(OCCCC)OCCCC.[Ti]. The normalized spacial score (nSPS) is 11.2. The number of hydrogen-bond acceptors (Lipinski definition) is 10. The van der Waals surface area contributed by atoms with E-state index in [9.17, 15) is 9.59 Å². The van der Waals surface area contributed by atoms with Crippen LogP contribution in [0.5, 0.6) is 0 Å². The summed E-state index contributed by atoms with van der Waals surface area (Å²) in [5, 5.41) is 16.3. The van der Waals surface area contributed by atoms with Gasteiger partial charge in [0.1, 0.15) is 0 Å². The van der Waals surface area contributed by atoms with Gasteiger partial charge in [0, 0.05) is 74.6 Å². The fraction of sp³-hybridized carbons (Fsp3) is 1.00. The molecule has 0 saturated heterocycles. The van der Waals surface area contributed by atoms with Crippen molar-refractivity contribution < 1.29 is 68.1 Å². The van der Waals surface area contributed by atoms with Crippen molar-refractivity contribution in [2.45, 2.75) is 146 Å². The van der Waals surface area contributed by atoms with Crippen molar-refractivity contribution in [1.29, 1.82) is 0 Å². The van der Waals surface area contributed by atoms with Crippen molar-refractivity contribution in [2.24, 2.45) is 11.8 Å². The van der Waals surface area contributed by atoms with Crippen LogP contribution in [0.15, 0.2) is 0 Å². The molecule has 0 aromatic carbocycles. The summed E-state index contributed by atoms with van der Waals surface area (Å²) >= 11 is 0. The Bertz CT molecular complexity index is 427. The second kappa shape index (κ2) is 42.8. The molecule has 0 aliphatic carbocycles. The molecule has 0 amide bonds. The summed E-state index contributed by atoms with van der Waals surface area (Å²) in [4.78, 5) is 20.3. The minimum atomic E-state index is -3.36. The second-order valence-electron chi connectivity index (χ2n) is 11.4. The smallest absolute Gasteiger partial charge is 0.396 e. The van der Waals surface area contributed by atoms with E-state index in [4.69, 9.17) is 36.8 Å². The Morgan fingerprint density at radius 2 is 0.533 bits per heavy atom. The van der Waals surface area contributed by atoms with Crippen LogP contribution in [0, 0.1) is 11.8 Å². The van der Waals surface area contributed by atoms with Gasteiger partial charge in [-0.05, 0) is 50.4 Å². The molecule has 0 aliphatic heterocycles. The first-order chi connectivity index (χ1) is 20.9. The Morgan fingerprint density at radius 3 is 0.622 bits per heavy atom. The molecule has 0 fully saturated rings. The first-order valence-electron chi connectivity index (χ1n) is 17.4. The van der Waals surface area contributed by atoms with E-state index < -0.39 is 18.1 Å². The van der Waals surface area contributed by atoms with E-state index in [0.29, 0.717) is 64.7 Å². The molecule has 276 valence electrons. The molecule has 0 spiro atoms. The van der Waals surface area contributed by atoms with Crippen LogP contribution in [-0.4, -0.2) is 90.8 Å². The van der Waals surface area contributed by atoms with Gasteiger partial charge in [0.2, 0.25) is 0 Å². The Kier molecular flexibility index (Phi) is 52.4. The summed E-state index contributed by atoms with van der Waals surface area (Å²) in [5.74, 6) is 0.880. The first-order valence-corrected chi connectivity index (χ1v) is 20.7. The van der Waals surface area contributed by atoms with Crippen LogP contribution >= 0.6 is 0 Å². The topological polar surface area (TPSA) is 136 Å². The van der Waals surface area contributed by atoms with Crippen LogP contribution < -0.4 is 0 Å². The monoisotopic (exact) mass is 724 g/mol. The van der Waals surface area contributed by atoms with Crippen molar-refractivity contribution in [1.82, 2.24) is 0 Å². The second-order valence-corrected chi connectivity index (χ2v) is 15.2. The minimum absolute atomic E-state index is 0. The summed E-state index contributed by atoms with van der Waals surface area (Å²) in [7, 11) is -6.72. The van der Waals surface area contributed by atoms with E-state index in [2.05, 4.69) is 41.5 Å². The third kappa shape index (κ3) is 49.2. The van der Waals surface area contributed by atoms with E-state index in [1.807, 2.05) is 27.7 Å². The molecule has 0 aliphatic rings. The van der Waals surface area contributed by atoms with Crippen molar-refractivity contribution in [2.75, 3.05) is 52.9 Å². The van der Waals surface area contributed by atoms with Crippen LogP contribution in [0.2, 0.25) is 0 Å². The molecule has 0 heterocycles. The Balaban J connectivity index is -0.000000179. The molecular formula is C32H76O10Si2Ti. The molecule has 45 heavy (non-hydrogen) atoms. The molecule has 0 aromatic heterocycles. The van der Waals surface area contributed by atoms with Crippen LogP contribution in [0.4, 0.5) is 0 Å². The molecular weight excluding hydrogens is 648 g/mol. The van der Waals surface area contributed by atoms with Crippen LogP contribution in [0.1, 0.15) is 146 Å². The van der Waals surface area contributed by atoms with Gasteiger partial charge < -0.3 is 46.4 Å². The fourth-order valence-corrected chi connectivity index (χ4v) is 5.24. The predicted octanol–water partition coefficient (Wildman–Crippen LogP) is 7.00. The Morgan fingerprint density at radius 1 is 0.400 bits per heavy atom. The van der Waals surface area contributed by atoms with Crippen LogP contribution in [0.3, 0.4) is 0 Å². The third-order valence-electron chi connectivity index (χ3n) is 5.42. The molecule has 0 rings (SSSR count). The fourth-order valence-electron chi connectivity index (χ4n) is 2.32.